The Labute approximate surface area is 190 Å². The van der Waals surface area contributed by atoms with Gasteiger partial charge < -0.3 is 14.9 Å². The molecule has 0 aliphatic carbocycles. The Morgan fingerprint density at radius 3 is 2.38 bits per heavy atom. The van der Waals surface area contributed by atoms with E-state index in [1.54, 1.807) is 0 Å². The molecular weight excluding hydrogens is 465 g/mol. The third-order valence-corrected chi connectivity index (χ3v) is 4.67. The van der Waals surface area contributed by atoms with Crippen molar-refractivity contribution in [3.05, 3.63) is 77.9 Å². The maximum Gasteiger partial charge on any atom is 0.573 e. The van der Waals surface area contributed by atoms with Gasteiger partial charge in [0.15, 0.2) is 5.60 Å². The zero-order chi connectivity index (χ0) is 25.1. The topological polar surface area (TPSA) is 95.6 Å². The van der Waals surface area contributed by atoms with Gasteiger partial charge in [-0.2, -0.15) is 5.10 Å². The summed E-state index contributed by atoms with van der Waals surface area (Å²) in [5.74, 6) is -3.15. The summed E-state index contributed by atoms with van der Waals surface area (Å²) in [7, 11) is 2.90. The fourth-order valence-corrected chi connectivity index (χ4v) is 3.45. The van der Waals surface area contributed by atoms with Crippen molar-refractivity contribution in [3.8, 4) is 5.75 Å². The van der Waals surface area contributed by atoms with Gasteiger partial charge in [0.2, 0.25) is 0 Å². The Morgan fingerprint density at radius 2 is 1.82 bits per heavy atom. The number of ether oxygens (including phenoxy) is 1. The summed E-state index contributed by atoms with van der Waals surface area (Å²) >= 11 is 0. The summed E-state index contributed by atoms with van der Waals surface area (Å²) in [5.41, 5.74) is -2.27. The number of likely N-dealkylation sites (N-methyl/N-ethyl adjacent to an activating group) is 1. The number of aromatic nitrogens is 3. The smallest absolute Gasteiger partial charge is 0.573 e. The van der Waals surface area contributed by atoms with Gasteiger partial charge in [0, 0.05) is 11.6 Å². The molecule has 2 aromatic carbocycles. The average molecular weight is 485 g/mol. The molecule has 3 rings (SSSR count). The van der Waals surface area contributed by atoms with Crippen LogP contribution in [0.5, 0.6) is 5.75 Å². The van der Waals surface area contributed by atoms with Gasteiger partial charge in [0.1, 0.15) is 36.6 Å². The van der Waals surface area contributed by atoms with Crippen LogP contribution in [0.3, 0.4) is 0 Å². The van der Waals surface area contributed by atoms with Crippen LogP contribution >= 0.6 is 0 Å². The van der Waals surface area contributed by atoms with Crippen molar-refractivity contribution < 1.29 is 41.5 Å². The van der Waals surface area contributed by atoms with Crippen LogP contribution in [-0.2, 0) is 12.1 Å². The molecule has 3 aromatic rings. The summed E-state index contributed by atoms with van der Waals surface area (Å²) in [6.45, 7) is -0.638. The standard InChI is InChI=1S/C21H20F5N5O3/c1-31(2,29-19(32)14-3-6-16(7-4-14)34-21(24,25)26)11-20(33,10-30-13-27-12-28-30)17-8-5-15(22)9-18(17)23/h3-9,12-13,33H,10-11H2,1-2H3. The van der Waals surface area contributed by atoms with E-state index in [0.717, 1.165) is 36.4 Å². The molecule has 1 atom stereocenters. The summed E-state index contributed by atoms with van der Waals surface area (Å²) < 4.78 is 69.5. The Balaban J connectivity index is 1.89. The quantitative estimate of drug-likeness (QED) is 0.174. The van der Waals surface area contributed by atoms with Crippen LogP contribution in [-0.4, -0.2) is 57.4 Å². The average Bonchev–Trinajstić information content (AvgIpc) is 3.18. The molecule has 0 spiro atoms. The second kappa shape index (κ2) is 9.35. The summed E-state index contributed by atoms with van der Waals surface area (Å²) in [4.78, 5) is 3.77. The third-order valence-electron chi connectivity index (χ3n) is 4.67. The lowest BCUT2D eigenvalue weighted by Gasteiger charge is -2.35. The van der Waals surface area contributed by atoms with Gasteiger partial charge in [-0.15, -0.1) is 13.2 Å². The number of quaternary nitrogens is 1. The van der Waals surface area contributed by atoms with Crippen LogP contribution in [0.4, 0.5) is 22.0 Å². The number of nitrogens with zero attached hydrogens (tertiary/aromatic N) is 5. The highest BCUT2D eigenvalue weighted by molar-refractivity contribution is 5.90. The third kappa shape index (κ3) is 6.48. The van der Waals surface area contributed by atoms with Crippen molar-refractivity contribution in [1.82, 2.24) is 14.8 Å². The highest BCUT2D eigenvalue weighted by Gasteiger charge is 2.40. The first-order valence-corrected chi connectivity index (χ1v) is 9.73. The van der Waals surface area contributed by atoms with Gasteiger partial charge in [0.25, 0.3) is 0 Å². The van der Waals surface area contributed by atoms with E-state index in [9.17, 15) is 32.2 Å². The molecule has 13 heteroatoms. The number of aliphatic hydroxyl groups is 1. The van der Waals surface area contributed by atoms with Crippen molar-refractivity contribution in [1.29, 1.82) is 0 Å². The first kappa shape index (κ1) is 25.1. The van der Waals surface area contributed by atoms with E-state index in [0.29, 0.717) is 6.07 Å². The van der Waals surface area contributed by atoms with Gasteiger partial charge >= 0.3 is 6.36 Å². The molecule has 1 N–H and O–H groups in total. The summed E-state index contributed by atoms with van der Waals surface area (Å²) in [6, 6.07) is 6.83. The molecule has 8 nitrogen and oxygen atoms in total. The van der Waals surface area contributed by atoms with Gasteiger partial charge in [-0.25, -0.2) is 23.0 Å². The molecule has 1 unspecified atom stereocenters. The fraction of sp³-hybridized carbons (Fsp3) is 0.286. The number of halogens is 5. The minimum atomic E-state index is -4.88. The van der Waals surface area contributed by atoms with E-state index in [4.69, 9.17) is 0 Å². The number of hydrogen-bond donors (Lipinski definition) is 1. The van der Waals surface area contributed by atoms with Crippen LogP contribution in [0.2, 0.25) is 0 Å². The number of rotatable bonds is 8. The van der Waals surface area contributed by atoms with Crippen LogP contribution in [0.15, 0.2) is 60.2 Å². The number of alkyl halides is 3. The highest BCUT2D eigenvalue weighted by Crippen LogP contribution is 2.29. The molecule has 1 heterocycles. The van der Waals surface area contributed by atoms with Crippen molar-refractivity contribution in [2.75, 3.05) is 20.6 Å². The Hall–Kier alpha value is -3.58. The van der Waals surface area contributed by atoms with E-state index >= 15 is 0 Å². The van der Waals surface area contributed by atoms with Crippen LogP contribution in [0.1, 0.15) is 11.1 Å². The predicted molar refractivity (Wildman–Crippen MR) is 107 cm³/mol. The lowest BCUT2D eigenvalue weighted by Crippen LogP contribution is -2.50. The van der Waals surface area contributed by atoms with Crippen molar-refractivity contribution in [2.45, 2.75) is 18.5 Å². The minimum absolute atomic E-state index is 0.0338. The molecule has 0 aliphatic rings. The zero-order valence-corrected chi connectivity index (χ0v) is 18.0. The molecular formula is C21H20F5N5O3. The van der Waals surface area contributed by atoms with E-state index in [1.165, 1.54) is 31.4 Å². The fourth-order valence-electron chi connectivity index (χ4n) is 3.45. The van der Waals surface area contributed by atoms with Crippen LogP contribution in [0, 0.1) is 11.6 Å². The van der Waals surface area contributed by atoms with Crippen molar-refractivity contribution in [3.63, 3.8) is 0 Å². The van der Waals surface area contributed by atoms with E-state index in [1.807, 2.05) is 0 Å². The van der Waals surface area contributed by atoms with Gasteiger partial charge in [-0.3, -0.25) is 0 Å². The number of hydrogen-bond acceptors (Lipinski definition) is 6. The first-order valence-electron chi connectivity index (χ1n) is 9.73. The van der Waals surface area contributed by atoms with Gasteiger partial charge in [0.05, 0.1) is 26.5 Å². The Kier molecular flexibility index (Phi) is 6.89. The molecule has 0 radical (unpaired) electrons. The lowest BCUT2D eigenvalue weighted by molar-refractivity contribution is -0.905. The monoisotopic (exact) mass is 485 g/mol. The summed E-state index contributed by atoms with van der Waals surface area (Å²) in [5, 5.41) is 32.0. The second-order valence-corrected chi connectivity index (χ2v) is 8.01. The largest absolute Gasteiger partial charge is 0.855 e. The normalized spacial score (nSPS) is 14.6. The molecule has 34 heavy (non-hydrogen) atoms. The molecule has 0 bridgehead atoms. The minimum Gasteiger partial charge on any atom is -0.855 e. The van der Waals surface area contributed by atoms with Gasteiger partial charge in [-0.1, -0.05) is 17.2 Å². The van der Waals surface area contributed by atoms with E-state index in [2.05, 4.69) is 19.9 Å². The second-order valence-electron chi connectivity index (χ2n) is 8.01. The van der Waals surface area contributed by atoms with Crippen LogP contribution < -0.4 is 9.84 Å². The van der Waals surface area contributed by atoms with Gasteiger partial charge in [-0.05, 0) is 29.8 Å². The molecule has 0 fully saturated rings. The summed E-state index contributed by atoms with van der Waals surface area (Å²) in [6.07, 6.45) is -2.38. The Morgan fingerprint density at radius 1 is 1.15 bits per heavy atom. The molecule has 1 aromatic heterocycles. The molecule has 0 amide bonds. The molecule has 182 valence electrons. The molecule has 0 saturated heterocycles. The maximum atomic E-state index is 14.6. The maximum absolute atomic E-state index is 14.6. The van der Waals surface area contributed by atoms with Crippen molar-refractivity contribution in [2.24, 2.45) is 5.10 Å². The first-order chi connectivity index (χ1) is 15.8. The Bertz CT molecular complexity index is 1150. The van der Waals surface area contributed by atoms with E-state index < -0.39 is 39.8 Å². The molecule has 0 aliphatic heterocycles. The highest BCUT2D eigenvalue weighted by atomic mass is 19.4. The zero-order valence-electron chi connectivity index (χ0n) is 18.0. The van der Waals surface area contributed by atoms with E-state index in [-0.39, 0.29) is 24.2 Å². The SMILES string of the molecule is C[N+](C)(CC(O)(Cn1cncn1)c1ccc(F)cc1F)/N=C(\[O-])c1ccc(OC(F)(F)F)cc1. The van der Waals surface area contributed by atoms with Crippen LogP contribution in [0.25, 0.3) is 0 Å². The van der Waals surface area contributed by atoms with Crippen molar-refractivity contribution >= 4 is 5.90 Å². The lowest BCUT2D eigenvalue weighted by atomic mass is 9.92. The predicted octanol–water partition coefficient (Wildman–Crippen LogP) is 2.14. The molecule has 0 saturated carbocycles. The number of benzene rings is 2.